The third-order valence-electron chi connectivity index (χ3n) is 3.80. The van der Waals surface area contributed by atoms with Crippen LogP contribution in [0.15, 0.2) is 24.3 Å². The summed E-state index contributed by atoms with van der Waals surface area (Å²) in [6.45, 7) is 2.81. The monoisotopic (exact) mass is 272 g/mol. The molecule has 1 atom stereocenters. The molecule has 1 aromatic carbocycles. The van der Waals surface area contributed by atoms with Crippen LogP contribution in [0.3, 0.4) is 0 Å². The van der Waals surface area contributed by atoms with Crippen LogP contribution in [0.2, 0.25) is 0 Å². The van der Waals surface area contributed by atoms with E-state index in [1.54, 1.807) is 0 Å². The van der Waals surface area contributed by atoms with Gasteiger partial charge in [0.15, 0.2) is 0 Å². The third kappa shape index (κ3) is 4.25. The van der Waals surface area contributed by atoms with Crippen molar-refractivity contribution in [1.29, 1.82) is 5.26 Å². The first-order chi connectivity index (χ1) is 9.83. The van der Waals surface area contributed by atoms with Gasteiger partial charge < -0.3 is 4.74 Å². The first-order valence-electron chi connectivity index (χ1n) is 7.72. The summed E-state index contributed by atoms with van der Waals surface area (Å²) in [6.07, 6.45) is 7.24. The maximum Gasteiger partial charge on any atom is 0.121 e. The van der Waals surface area contributed by atoms with Gasteiger partial charge in [0.1, 0.15) is 11.8 Å². The molecule has 0 amide bonds. The topological polar surface area (TPSA) is 45.0 Å². The van der Waals surface area contributed by atoms with Gasteiger partial charge in [-0.3, -0.25) is 5.32 Å². The maximum atomic E-state index is 9.42. The summed E-state index contributed by atoms with van der Waals surface area (Å²) >= 11 is 0. The molecular formula is C17H24N2O. The van der Waals surface area contributed by atoms with Crippen LogP contribution < -0.4 is 10.1 Å². The minimum atomic E-state index is -0.233. The maximum absolute atomic E-state index is 9.42. The van der Waals surface area contributed by atoms with Crippen LogP contribution >= 0.6 is 0 Å². The standard InChI is InChI=1S/C17H24N2O/c1-2-11-20-16-10-6-7-14(12-16)17(13-18)19-15-8-4-3-5-9-15/h6-7,10,12,15,17,19H,2-5,8-9,11H2,1H3. The van der Waals surface area contributed by atoms with Crippen molar-refractivity contribution in [2.75, 3.05) is 6.61 Å². The Labute approximate surface area is 121 Å². The zero-order valence-corrected chi connectivity index (χ0v) is 12.3. The highest BCUT2D eigenvalue weighted by atomic mass is 16.5. The molecule has 1 saturated carbocycles. The van der Waals surface area contributed by atoms with Gasteiger partial charge in [-0.25, -0.2) is 0 Å². The predicted octanol–water partition coefficient (Wildman–Crippen LogP) is 3.96. The van der Waals surface area contributed by atoms with Crippen molar-refractivity contribution in [1.82, 2.24) is 5.32 Å². The number of ether oxygens (including phenoxy) is 1. The molecule has 1 aromatic rings. The molecule has 0 radical (unpaired) electrons. The van der Waals surface area contributed by atoms with E-state index in [0.29, 0.717) is 6.04 Å². The second-order valence-corrected chi connectivity index (χ2v) is 5.48. The van der Waals surface area contributed by atoms with E-state index in [2.05, 4.69) is 18.3 Å². The van der Waals surface area contributed by atoms with Crippen LogP contribution in [0.4, 0.5) is 0 Å². The lowest BCUT2D eigenvalue weighted by molar-refractivity contribution is 0.316. The molecule has 20 heavy (non-hydrogen) atoms. The Hall–Kier alpha value is -1.53. The van der Waals surface area contributed by atoms with E-state index in [1.807, 2.05) is 24.3 Å². The fourth-order valence-corrected chi connectivity index (χ4v) is 2.72. The van der Waals surface area contributed by atoms with Crippen LogP contribution in [0, 0.1) is 11.3 Å². The Morgan fingerprint density at radius 3 is 2.85 bits per heavy atom. The predicted molar refractivity (Wildman–Crippen MR) is 80.6 cm³/mol. The molecule has 3 nitrogen and oxygen atoms in total. The van der Waals surface area contributed by atoms with E-state index in [9.17, 15) is 5.26 Å². The lowest BCUT2D eigenvalue weighted by Crippen LogP contribution is -2.33. The molecule has 1 unspecified atom stereocenters. The van der Waals surface area contributed by atoms with Crippen LogP contribution in [-0.2, 0) is 0 Å². The highest BCUT2D eigenvalue weighted by molar-refractivity contribution is 5.33. The molecule has 1 N–H and O–H groups in total. The van der Waals surface area contributed by atoms with Crippen molar-refractivity contribution >= 4 is 0 Å². The average Bonchev–Trinajstić information content (AvgIpc) is 2.52. The lowest BCUT2D eigenvalue weighted by Gasteiger charge is -2.25. The van der Waals surface area contributed by atoms with Crippen LogP contribution in [0.1, 0.15) is 57.1 Å². The van der Waals surface area contributed by atoms with E-state index in [4.69, 9.17) is 4.74 Å². The van der Waals surface area contributed by atoms with Crippen molar-refractivity contribution in [2.45, 2.75) is 57.5 Å². The summed E-state index contributed by atoms with van der Waals surface area (Å²) in [7, 11) is 0. The largest absolute Gasteiger partial charge is 0.494 e. The summed E-state index contributed by atoms with van der Waals surface area (Å²) in [5, 5.41) is 12.9. The molecule has 108 valence electrons. The average molecular weight is 272 g/mol. The van der Waals surface area contributed by atoms with Crippen molar-refractivity contribution < 1.29 is 4.74 Å². The van der Waals surface area contributed by atoms with E-state index >= 15 is 0 Å². The number of rotatable bonds is 6. The number of nitrogens with zero attached hydrogens (tertiary/aromatic N) is 1. The van der Waals surface area contributed by atoms with Crippen molar-refractivity contribution in [3.8, 4) is 11.8 Å². The Morgan fingerprint density at radius 2 is 2.15 bits per heavy atom. The molecular weight excluding hydrogens is 248 g/mol. The summed E-state index contributed by atoms with van der Waals surface area (Å²) in [4.78, 5) is 0. The van der Waals surface area contributed by atoms with Gasteiger partial charge in [0.05, 0.1) is 12.7 Å². The van der Waals surface area contributed by atoms with Crippen molar-refractivity contribution in [3.05, 3.63) is 29.8 Å². The SMILES string of the molecule is CCCOc1cccc(C(C#N)NC2CCCCC2)c1. The summed E-state index contributed by atoms with van der Waals surface area (Å²) in [5.74, 6) is 0.857. The quantitative estimate of drug-likeness (QED) is 0.852. The van der Waals surface area contributed by atoms with Gasteiger partial charge in [0.25, 0.3) is 0 Å². The van der Waals surface area contributed by atoms with Gasteiger partial charge >= 0.3 is 0 Å². The van der Waals surface area contributed by atoms with Gasteiger partial charge in [-0.1, -0.05) is 38.3 Å². The number of hydrogen-bond donors (Lipinski definition) is 1. The zero-order valence-electron chi connectivity index (χ0n) is 12.3. The van der Waals surface area contributed by atoms with E-state index < -0.39 is 0 Å². The third-order valence-corrected chi connectivity index (χ3v) is 3.80. The molecule has 0 bridgehead atoms. The Bertz CT molecular complexity index is 447. The molecule has 0 aromatic heterocycles. The van der Waals surface area contributed by atoms with Gasteiger partial charge in [0.2, 0.25) is 0 Å². The van der Waals surface area contributed by atoms with E-state index in [0.717, 1.165) is 24.3 Å². The Balaban J connectivity index is 2.01. The van der Waals surface area contributed by atoms with E-state index in [1.165, 1.54) is 32.1 Å². The molecule has 0 spiro atoms. The minimum Gasteiger partial charge on any atom is -0.494 e. The zero-order chi connectivity index (χ0) is 14.2. The number of benzene rings is 1. The first-order valence-corrected chi connectivity index (χ1v) is 7.72. The van der Waals surface area contributed by atoms with Crippen molar-refractivity contribution in [3.63, 3.8) is 0 Å². The van der Waals surface area contributed by atoms with Crippen LogP contribution in [-0.4, -0.2) is 12.6 Å². The highest BCUT2D eigenvalue weighted by Crippen LogP contribution is 2.23. The van der Waals surface area contributed by atoms with Gasteiger partial charge in [-0.15, -0.1) is 0 Å². The lowest BCUT2D eigenvalue weighted by atomic mass is 9.94. The minimum absolute atomic E-state index is 0.233. The second kappa shape index (κ2) is 7.91. The van der Waals surface area contributed by atoms with Crippen molar-refractivity contribution in [2.24, 2.45) is 0 Å². The molecule has 1 fully saturated rings. The van der Waals surface area contributed by atoms with E-state index in [-0.39, 0.29) is 6.04 Å². The molecule has 1 aliphatic rings. The second-order valence-electron chi connectivity index (χ2n) is 5.48. The normalized spacial score (nSPS) is 17.4. The molecule has 2 rings (SSSR count). The fourth-order valence-electron chi connectivity index (χ4n) is 2.72. The molecule has 0 saturated heterocycles. The molecule has 1 aliphatic carbocycles. The summed E-state index contributed by atoms with van der Waals surface area (Å²) in [6, 6.07) is 10.5. The molecule has 3 heteroatoms. The molecule has 0 aliphatic heterocycles. The van der Waals surface area contributed by atoms with Gasteiger partial charge in [0, 0.05) is 6.04 Å². The summed E-state index contributed by atoms with van der Waals surface area (Å²) < 4.78 is 5.64. The van der Waals surface area contributed by atoms with Crippen LogP contribution in [0.5, 0.6) is 5.75 Å². The number of hydrogen-bond acceptors (Lipinski definition) is 3. The van der Waals surface area contributed by atoms with Gasteiger partial charge in [-0.05, 0) is 37.0 Å². The van der Waals surface area contributed by atoms with Crippen LogP contribution in [0.25, 0.3) is 0 Å². The number of nitrogens with one attached hydrogen (secondary N) is 1. The first kappa shape index (κ1) is 14.9. The highest BCUT2D eigenvalue weighted by Gasteiger charge is 2.19. The van der Waals surface area contributed by atoms with Gasteiger partial charge in [-0.2, -0.15) is 5.26 Å². The Kier molecular flexibility index (Phi) is 5.88. The Morgan fingerprint density at radius 1 is 1.35 bits per heavy atom. The smallest absolute Gasteiger partial charge is 0.121 e. The number of nitriles is 1. The summed E-state index contributed by atoms with van der Waals surface area (Å²) in [5.41, 5.74) is 1.01. The fraction of sp³-hybridized carbons (Fsp3) is 0.588. The molecule has 0 heterocycles.